The zero-order valence-electron chi connectivity index (χ0n) is 17.0. The van der Waals surface area contributed by atoms with Crippen molar-refractivity contribution in [1.82, 2.24) is 4.98 Å². The molecule has 0 unspecified atom stereocenters. The van der Waals surface area contributed by atoms with Gasteiger partial charge in [-0.1, -0.05) is 53.5 Å². The highest BCUT2D eigenvalue weighted by Crippen LogP contribution is 2.37. The van der Waals surface area contributed by atoms with Crippen molar-refractivity contribution < 1.29 is 9.13 Å². The zero-order chi connectivity index (χ0) is 22.1. The third-order valence-corrected chi connectivity index (χ3v) is 7.14. The lowest BCUT2D eigenvalue weighted by molar-refractivity contribution is 0.357. The summed E-state index contributed by atoms with van der Waals surface area (Å²) in [7, 11) is 0. The molecule has 162 valence electrons. The molecule has 0 saturated heterocycles. The van der Waals surface area contributed by atoms with E-state index in [0.717, 1.165) is 39.9 Å². The summed E-state index contributed by atoms with van der Waals surface area (Å²) in [5.41, 5.74) is 4.25. The molecule has 5 rings (SSSR count). The molecule has 0 spiro atoms. The highest BCUT2D eigenvalue weighted by atomic mass is 35.5. The molecular weight excluding hydrogens is 466 g/mol. The van der Waals surface area contributed by atoms with E-state index in [1.165, 1.54) is 23.0 Å². The number of nitrogens with zero attached hydrogens (tertiary/aromatic N) is 1. The van der Waals surface area contributed by atoms with Gasteiger partial charge in [0.1, 0.15) is 11.6 Å². The molecule has 0 bridgehead atoms. The maximum atomic E-state index is 14.6. The van der Waals surface area contributed by atoms with Gasteiger partial charge in [-0.3, -0.25) is 0 Å². The first kappa shape index (κ1) is 21.3. The molecular formula is C25H19Cl2FN2OS. The van der Waals surface area contributed by atoms with Crippen LogP contribution in [0.5, 0.6) is 5.75 Å². The van der Waals surface area contributed by atoms with Crippen LogP contribution in [0.4, 0.5) is 9.52 Å². The van der Waals surface area contributed by atoms with Crippen molar-refractivity contribution in [3.05, 3.63) is 98.1 Å². The summed E-state index contributed by atoms with van der Waals surface area (Å²) >= 11 is 14.3. The van der Waals surface area contributed by atoms with Gasteiger partial charge < -0.3 is 10.1 Å². The Morgan fingerprint density at radius 3 is 2.66 bits per heavy atom. The number of benzene rings is 3. The fraction of sp³-hybridized carbons (Fsp3) is 0.160. The molecule has 0 aliphatic carbocycles. The van der Waals surface area contributed by atoms with Crippen LogP contribution in [0.2, 0.25) is 10.0 Å². The van der Waals surface area contributed by atoms with Crippen LogP contribution in [-0.2, 0) is 19.4 Å². The number of thiazole rings is 1. The molecule has 2 heterocycles. The molecule has 1 aliphatic rings. The molecule has 0 radical (unpaired) electrons. The van der Waals surface area contributed by atoms with Gasteiger partial charge >= 0.3 is 0 Å². The van der Waals surface area contributed by atoms with Crippen molar-refractivity contribution in [1.29, 1.82) is 0 Å². The molecule has 0 saturated carbocycles. The Morgan fingerprint density at radius 2 is 1.84 bits per heavy atom. The smallest absolute Gasteiger partial charge is 0.183 e. The van der Waals surface area contributed by atoms with Crippen molar-refractivity contribution in [3.8, 4) is 17.0 Å². The molecule has 4 aromatic rings. The lowest BCUT2D eigenvalue weighted by Crippen LogP contribution is -1.99. The summed E-state index contributed by atoms with van der Waals surface area (Å²) in [6.07, 6.45) is 1.40. The minimum atomic E-state index is -0.311. The summed E-state index contributed by atoms with van der Waals surface area (Å²) in [5.74, 6) is 0.651. The van der Waals surface area contributed by atoms with E-state index in [0.29, 0.717) is 34.3 Å². The van der Waals surface area contributed by atoms with E-state index in [1.807, 2.05) is 36.4 Å². The summed E-state index contributed by atoms with van der Waals surface area (Å²) in [6, 6.07) is 18.3. The average molecular weight is 485 g/mol. The SMILES string of the molecule is Fc1ccccc1-c1nc(NCc2ccc3c(c2)CCO3)sc1Cc1c(Cl)cccc1Cl. The Morgan fingerprint density at radius 1 is 1.03 bits per heavy atom. The van der Waals surface area contributed by atoms with Gasteiger partial charge in [0, 0.05) is 39.9 Å². The molecule has 3 aromatic carbocycles. The lowest BCUT2D eigenvalue weighted by atomic mass is 10.1. The van der Waals surface area contributed by atoms with E-state index in [2.05, 4.69) is 11.4 Å². The van der Waals surface area contributed by atoms with Crippen LogP contribution < -0.4 is 10.1 Å². The van der Waals surface area contributed by atoms with Crippen molar-refractivity contribution in [2.45, 2.75) is 19.4 Å². The minimum Gasteiger partial charge on any atom is -0.493 e. The van der Waals surface area contributed by atoms with Crippen LogP contribution in [0.3, 0.4) is 0 Å². The molecule has 0 atom stereocenters. The first-order valence-corrected chi connectivity index (χ1v) is 11.8. The normalized spacial score (nSPS) is 12.5. The van der Waals surface area contributed by atoms with Crippen LogP contribution >= 0.6 is 34.5 Å². The average Bonchev–Trinajstić information content (AvgIpc) is 3.42. The summed E-state index contributed by atoms with van der Waals surface area (Å²) in [5, 5.41) is 5.28. The first-order valence-electron chi connectivity index (χ1n) is 10.2. The number of hydrogen-bond acceptors (Lipinski definition) is 4. The second-order valence-corrected chi connectivity index (χ2v) is 9.44. The predicted molar refractivity (Wildman–Crippen MR) is 130 cm³/mol. The highest BCUT2D eigenvalue weighted by Gasteiger charge is 2.19. The molecule has 1 aromatic heterocycles. The largest absolute Gasteiger partial charge is 0.493 e. The second-order valence-electron chi connectivity index (χ2n) is 7.54. The van der Waals surface area contributed by atoms with Gasteiger partial charge in [-0.2, -0.15) is 0 Å². The second kappa shape index (κ2) is 9.10. The molecule has 1 N–H and O–H groups in total. The Bertz CT molecular complexity index is 1270. The number of rotatable bonds is 6. The van der Waals surface area contributed by atoms with E-state index >= 15 is 0 Å². The number of fused-ring (bicyclic) bond motifs is 1. The third kappa shape index (κ3) is 4.33. The van der Waals surface area contributed by atoms with Crippen LogP contribution in [0.15, 0.2) is 60.7 Å². The topological polar surface area (TPSA) is 34.2 Å². The molecule has 7 heteroatoms. The van der Waals surface area contributed by atoms with Crippen LogP contribution in [0.1, 0.15) is 21.6 Å². The highest BCUT2D eigenvalue weighted by molar-refractivity contribution is 7.16. The number of halogens is 3. The predicted octanol–water partition coefficient (Wildman–Crippen LogP) is 7.39. The van der Waals surface area contributed by atoms with Gasteiger partial charge in [-0.05, 0) is 47.0 Å². The quantitative estimate of drug-likeness (QED) is 0.309. The Hall–Kier alpha value is -2.60. The minimum absolute atomic E-state index is 0.311. The number of ether oxygens (including phenoxy) is 1. The fourth-order valence-corrected chi connectivity index (χ4v) is 5.31. The van der Waals surface area contributed by atoms with Crippen molar-refractivity contribution >= 4 is 39.7 Å². The fourth-order valence-electron chi connectivity index (χ4n) is 3.80. The van der Waals surface area contributed by atoms with E-state index in [-0.39, 0.29) is 5.82 Å². The zero-order valence-corrected chi connectivity index (χ0v) is 19.3. The van der Waals surface area contributed by atoms with E-state index in [4.69, 9.17) is 32.9 Å². The van der Waals surface area contributed by atoms with Crippen molar-refractivity contribution in [3.63, 3.8) is 0 Å². The monoisotopic (exact) mass is 484 g/mol. The maximum Gasteiger partial charge on any atom is 0.183 e. The summed E-state index contributed by atoms with van der Waals surface area (Å²) in [4.78, 5) is 5.64. The van der Waals surface area contributed by atoms with Crippen LogP contribution in [0.25, 0.3) is 11.3 Å². The molecule has 0 fully saturated rings. The third-order valence-electron chi connectivity index (χ3n) is 5.42. The maximum absolute atomic E-state index is 14.6. The Labute approximate surface area is 199 Å². The number of nitrogens with one attached hydrogen (secondary N) is 1. The molecule has 1 aliphatic heterocycles. The molecule has 32 heavy (non-hydrogen) atoms. The van der Waals surface area contributed by atoms with Crippen molar-refractivity contribution in [2.24, 2.45) is 0 Å². The van der Waals surface area contributed by atoms with Gasteiger partial charge in [0.05, 0.1) is 12.3 Å². The van der Waals surface area contributed by atoms with E-state index in [1.54, 1.807) is 12.1 Å². The van der Waals surface area contributed by atoms with Crippen LogP contribution in [-0.4, -0.2) is 11.6 Å². The summed E-state index contributed by atoms with van der Waals surface area (Å²) in [6.45, 7) is 1.35. The van der Waals surface area contributed by atoms with Crippen LogP contribution in [0, 0.1) is 5.82 Å². The van der Waals surface area contributed by atoms with Gasteiger partial charge in [0.25, 0.3) is 0 Å². The standard InChI is InChI=1S/C25H19Cl2FN2OS/c26-19-5-3-6-20(27)18(19)13-23-24(17-4-1-2-7-21(17)28)30-25(32-23)29-14-15-8-9-22-16(12-15)10-11-31-22/h1-9,12H,10-11,13-14H2,(H,29,30). The number of hydrogen-bond donors (Lipinski definition) is 1. The van der Waals surface area contributed by atoms with E-state index in [9.17, 15) is 4.39 Å². The Balaban J connectivity index is 1.46. The van der Waals surface area contributed by atoms with Crippen molar-refractivity contribution in [2.75, 3.05) is 11.9 Å². The van der Waals surface area contributed by atoms with Gasteiger partial charge in [-0.15, -0.1) is 11.3 Å². The number of aromatic nitrogens is 1. The van der Waals surface area contributed by atoms with E-state index < -0.39 is 0 Å². The summed E-state index contributed by atoms with van der Waals surface area (Å²) < 4.78 is 20.2. The first-order chi connectivity index (χ1) is 15.6. The Kier molecular flexibility index (Phi) is 6.05. The molecule has 0 amide bonds. The van der Waals surface area contributed by atoms with Gasteiger partial charge in [-0.25, -0.2) is 9.37 Å². The van der Waals surface area contributed by atoms with Gasteiger partial charge in [0.15, 0.2) is 5.13 Å². The lowest BCUT2D eigenvalue weighted by Gasteiger charge is -2.07. The van der Waals surface area contributed by atoms with Gasteiger partial charge in [0.2, 0.25) is 0 Å². The number of anilines is 1. The molecule has 3 nitrogen and oxygen atoms in total.